The third kappa shape index (κ3) is 5.55. The highest BCUT2D eigenvalue weighted by atomic mass is 32.2. The predicted molar refractivity (Wildman–Crippen MR) is 75.3 cm³/mol. The lowest BCUT2D eigenvalue weighted by Crippen LogP contribution is -2.41. The monoisotopic (exact) mass is 244 g/mol. The van der Waals surface area contributed by atoms with Gasteiger partial charge >= 0.3 is 0 Å². The van der Waals surface area contributed by atoms with Crippen molar-refractivity contribution in [3.05, 3.63) is 0 Å². The predicted octanol–water partition coefficient (Wildman–Crippen LogP) is 2.45. The summed E-state index contributed by atoms with van der Waals surface area (Å²) in [5.74, 6) is 3.34. The third-order valence-electron chi connectivity index (χ3n) is 3.28. The summed E-state index contributed by atoms with van der Waals surface area (Å²) in [6.45, 7) is 11.9. The fourth-order valence-electron chi connectivity index (χ4n) is 2.21. The molecule has 1 rings (SSSR count). The highest BCUT2D eigenvalue weighted by Gasteiger charge is 2.19. The molecule has 0 spiro atoms. The highest BCUT2D eigenvalue weighted by molar-refractivity contribution is 7.99. The van der Waals surface area contributed by atoms with E-state index in [1.165, 1.54) is 50.5 Å². The van der Waals surface area contributed by atoms with Crippen LogP contribution in [0.15, 0.2) is 0 Å². The molecule has 3 heteroatoms. The molecule has 0 saturated carbocycles. The van der Waals surface area contributed by atoms with Crippen LogP contribution in [0.2, 0.25) is 0 Å². The Morgan fingerprint density at radius 2 is 2.25 bits per heavy atom. The number of rotatable bonds is 6. The molecule has 96 valence electrons. The quantitative estimate of drug-likeness (QED) is 0.723. The zero-order valence-electron chi connectivity index (χ0n) is 11.2. The van der Waals surface area contributed by atoms with E-state index in [-0.39, 0.29) is 0 Å². The molecule has 0 aromatic carbocycles. The van der Waals surface area contributed by atoms with Gasteiger partial charge in [0.2, 0.25) is 0 Å². The van der Waals surface area contributed by atoms with E-state index in [2.05, 4.69) is 42.7 Å². The Balaban J connectivity index is 2.23. The van der Waals surface area contributed by atoms with Gasteiger partial charge in [0.25, 0.3) is 0 Å². The first kappa shape index (κ1) is 14.3. The Labute approximate surface area is 106 Å². The second-order valence-electron chi connectivity index (χ2n) is 5.01. The van der Waals surface area contributed by atoms with Gasteiger partial charge in [-0.3, -0.25) is 0 Å². The van der Waals surface area contributed by atoms with Crippen molar-refractivity contribution in [2.45, 2.75) is 39.7 Å². The van der Waals surface area contributed by atoms with Gasteiger partial charge in [-0.15, -0.1) is 0 Å². The number of nitrogens with one attached hydrogen (secondary N) is 1. The van der Waals surface area contributed by atoms with Crippen LogP contribution in [0.1, 0.15) is 33.6 Å². The fraction of sp³-hybridized carbons (Fsp3) is 1.00. The summed E-state index contributed by atoms with van der Waals surface area (Å²) in [6.07, 6.45) is 2.66. The van der Waals surface area contributed by atoms with E-state index in [1.807, 2.05) is 0 Å². The first-order valence-corrected chi connectivity index (χ1v) is 7.93. The number of hydrogen-bond donors (Lipinski definition) is 1. The standard InChI is InChI=1S/C13H28N2S/c1-4-16-10-6-9-15-8-5-7-14-13(11-15)12(2)3/h12-14H,4-11H2,1-3H3. The smallest absolute Gasteiger partial charge is 0.0217 e. The summed E-state index contributed by atoms with van der Waals surface area (Å²) < 4.78 is 0. The fourth-order valence-corrected chi connectivity index (χ4v) is 2.83. The molecule has 1 aliphatic heterocycles. The minimum absolute atomic E-state index is 0.696. The van der Waals surface area contributed by atoms with Crippen LogP contribution >= 0.6 is 11.8 Å². The second-order valence-corrected chi connectivity index (χ2v) is 6.40. The number of nitrogens with zero attached hydrogens (tertiary/aromatic N) is 1. The van der Waals surface area contributed by atoms with Gasteiger partial charge < -0.3 is 10.2 Å². The van der Waals surface area contributed by atoms with Crippen LogP contribution in [0.3, 0.4) is 0 Å². The molecule has 16 heavy (non-hydrogen) atoms. The molecular formula is C13H28N2S. The molecule has 0 aromatic heterocycles. The van der Waals surface area contributed by atoms with Gasteiger partial charge in [-0.25, -0.2) is 0 Å². The molecule has 1 saturated heterocycles. The normalized spacial score (nSPS) is 23.6. The summed E-state index contributed by atoms with van der Waals surface area (Å²) in [4.78, 5) is 2.65. The van der Waals surface area contributed by atoms with E-state index < -0.39 is 0 Å². The van der Waals surface area contributed by atoms with Crippen LogP contribution in [0, 0.1) is 5.92 Å². The van der Waals surface area contributed by atoms with Crippen molar-refractivity contribution in [3.63, 3.8) is 0 Å². The lowest BCUT2D eigenvalue weighted by molar-refractivity contribution is 0.247. The molecule has 1 fully saturated rings. The van der Waals surface area contributed by atoms with Crippen molar-refractivity contribution in [2.24, 2.45) is 5.92 Å². The maximum Gasteiger partial charge on any atom is 0.0217 e. The molecule has 0 amide bonds. The Bertz CT molecular complexity index is 173. The van der Waals surface area contributed by atoms with Crippen molar-refractivity contribution in [3.8, 4) is 0 Å². The van der Waals surface area contributed by atoms with Gasteiger partial charge in [0, 0.05) is 12.6 Å². The van der Waals surface area contributed by atoms with Crippen LogP contribution in [0.4, 0.5) is 0 Å². The summed E-state index contributed by atoms with van der Waals surface area (Å²) in [5, 5.41) is 3.67. The van der Waals surface area contributed by atoms with Crippen molar-refractivity contribution in [1.82, 2.24) is 10.2 Å². The molecular weight excluding hydrogens is 216 g/mol. The molecule has 0 aliphatic carbocycles. The Hall–Kier alpha value is 0.270. The van der Waals surface area contributed by atoms with E-state index in [0.29, 0.717) is 6.04 Å². The molecule has 0 bridgehead atoms. The number of hydrogen-bond acceptors (Lipinski definition) is 3. The second kappa shape index (κ2) is 8.37. The SMILES string of the molecule is CCSCCCN1CCCNC(C(C)C)C1. The van der Waals surface area contributed by atoms with Gasteiger partial charge in [0.1, 0.15) is 0 Å². The molecule has 0 aromatic rings. The van der Waals surface area contributed by atoms with E-state index in [1.54, 1.807) is 0 Å². The van der Waals surface area contributed by atoms with Crippen LogP contribution in [-0.2, 0) is 0 Å². The molecule has 1 unspecified atom stereocenters. The first-order valence-electron chi connectivity index (χ1n) is 6.77. The third-order valence-corrected chi connectivity index (χ3v) is 4.27. The molecule has 1 aliphatic rings. The zero-order chi connectivity index (χ0) is 11.8. The largest absolute Gasteiger partial charge is 0.312 e. The van der Waals surface area contributed by atoms with E-state index in [9.17, 15) is 0 Å². The van der Waals surface area contributed by atoms with Gasteiger partial charge in [0.15, 0.2) is 0 Å². The molecule has 1 heterocycles. The molecule has 0 radical (unpaired) electrons. The van der Waals surface area contributed by atoms with Crippen LogP contribution < -0.4 is 5.32 Å². The van der Waals surface area contributed by atoms with E-state index >= 15 is 0 Å². The van der Waals surface area contributed by atoms with Crippen LogP contribution in [-0.4, -0.2) is 48.6 Å². The Morgan fingerprint density at radius 3 is 2.94 bits per heavy atom. The average Bonchev–Trinajstić information content (AvgIpc) is 2.50. The van der Waals surface area contributed by atoms with Gasteiger partial charge in [-0.1, -0.05) is 20.8 Å². The molecule has 1 N–H and O–H groups in total. The minimum Gasteiger partial charge on any atom is -0.312 e. The Morgan fingerprint density at radius 1 is 1.44 bits per heavy atom. The van der Waals surface area contributed by atoms with Crippen molar-refractivity contribution < 1.29 is 0 Å². The molecule has 1 atom stereocenters. The zero-order valence-corrected chi connectivity index (χ0v) is 12.0. The number of thioether (sulfide) groups is 1. The minimum atomic E-state index is 0.696. The van der Waals surface area contributed by atoms with Crippen LogP contribution in [0.25, 0.3) is 0 Å². The molecule has 2 nitrogen and oxygen atoms in total. The highest BCUT2D eigenvalue weighted by Crippen LogP contribution is 2.10. The van der Waals surface area contributed by atoms with Gasteiger partial charge in [-0.05, 0) is 49.9 Å². The van der Waals surface area contributed by atoms with Crippen LogP contribution in [0.5, 0.6) is 0 Å². The van der Waals surface area contributed by atoms with E-state index in [4.69, 9.17) is 0 Å². The summed E-state index contributed by atoms with van der Waals surface area (Å²) in [7, 11) is 0. The van der Waals surface area contributed by atoms with E-state index in [0.717, 1.165) is 5.92 Å². The van der Waals surface area contributed by atoms with Crippen molar-refractivity contribution in [1.29, 1.82) is 0 Å². The lowest BCUT2D eigenvalue weighted by Gasteiger charge is -2.26. The van der Waals surface area contributed by atoms with Gasteiger partial charge in [0.05, 0.1) is 0 Å². The van der Waals surface area contributed by atoms with Crippen molar-refractivity contribution >= 4 is 11.8 Å². The first-order chi connectivity index (χ1) is 7.74. The summed E-state index contributed by atoms with van der Waals surface area (Å²) in [5.41, 5.74) is 0. The summed E-state index contributed by atoms with van der Waals surface area (Å²) in [6, 6.07) is 0.696. The van der Waals surface area contributed by atoms with Gasteiger partial charge in [-0.2, -0.15) is 11.8 Å². The maximum atomic E-state index is 3.67. The topological polar surface area (TPSA) is 15.3 Å². The maximum absolute atomic E-state index is 3.67. The van der Waals surface area contributed by atoms with Crippen molar-refractivity contribution in [2.75, 3.05) is 37.7 Å². The Kier molecular flexibility index (Phi) is 7.50. The summed E-state index contributed by atoms with van der Waals surface area (Å²) >= 11 is 2.07. The lowest BCUT2D eigenvalue weighted by atomic mass is 10.0. The average molecular weight is 244 g/mol.